The van der Waals surface area contributed by atoms with Crippen LogP contribution in [0.1, 0.15) is 37.1 Å². The molecule has 0 amide bonds. The second kappa shape index (κ2) is 7.39. The van der Waals surface area contributed by atoms with Crippen molar-refractivity contribution < 1.29 is 9.84 Å². The molecule has 0 spiro atoms. The zero-order valence-corrected chi connectivity index (χ0v) is 17.6. The summed E-state index contributed by atoms with van der Waals surface area (Å²) >= 11 is 6.22. The Morgan fingerprint density at radius 1 is 1.41 bits per heavy atom. The van der Waals surface area contributed by atoms with Gasteiger partial charge in [0.1, 0.15) is 0 Å². The van der Waals surface area contributed by atoms with E-state index < -0.39 is 5.54 Å². The van der Waals surface area contributed by atoms with Crippen molar-refractivity contribution in [3.8, 4) is 11.5 Å². The number of H-pyrrole nitrogens is 1. The second-order valence-electron chi connectivity index (χ2n) is 7.83. The fourth-order valence-electron chi connectivity index (χ4n) is 4.93. The molecule has 4 rings (SSSR count). The minimum Gasteiger partial charge on any atom is -0.504 e. The van der Waals surface area contributed by atoms with Crippen LogP contribution in [0.3, 0.4) is 0 Å². The molecule has 2 aromatic rings. The van der Waals surface area contributed by atoms with Crippen LogP contribution >= 0.6 is 11.6 Å². The van der Waals surface area contributed by atoms with Gasteiger partial charge in [0.15, 0.2) is 11.5 Å². The Morgan fingerprint density at radius 3 is 2.93 bits per heavy atom. The van der Waals surface area contributed by atoms with E-state index in [4.69, 9.17) is 16.3 Å². The summed E-state index contributed by atoms with van der Waals surface area (Å²) in [6.45, 7) is 4.61. The highest BCUT2D eigenvalue weighted by atomic mass is 35.5. The smallest absolute Gasteiger partial charge is 0.248 e. The van der Waals surface area contributed by atoms with E-state index >= 15 is 0 Å². The first kappa shape index (κ1) is 19.8. The lowest BCUT2D eigenvalue weighted by atomic mass is 9.63. The van der Waals surface area contributed by atoms with Gasteiger partial charge in [-0.2, -0.15) is 0 Å². The minimum absolute atomic E-state index is 0.0833. The van der Waals surface area contributed by atoms with Gasteiger partial charge in [0.05, 0.1) is 12.6 Å². The van der Waals surface area contributed by atoms with Gasteiger partial charge in [-0.1, -0.05) is 29.3 Å². The molecule has 0 fully saturated rings. The number of methoxy groups -OCH3 is 1. The molecule has 0 saturated carbocycles. The Balaban J connectivity index is 1.81. The van der Waals surface area contributed by atoms with Crippen LogP contribution in [0.2, 0.25) is 5.02 Å². The molecule has 152 valence electrons. The third-order valence-corrected chi connectivity index (χ3v) is 6.25. The number of aromatic hydroxyl groups is 1. The number of allylic oxidation sites excluding steroid dienone is 2. The quantitative estimate of drug-likeness (QED) is 0.658. The molecular formula is C23H25ClN2O3. The van der Waals surface area contributed by atoms with Crippen LogP contribution in [-0.2, 0) is 18.5 Å². The van der Waals surface area contributed by atoms with Gasteiger partial charge in [-0.05, 0) is 50.0 Å². The first-order valence-electron chi connectivity index (χ1n) is 9.75. The van der Waals surface area contributed by atoms with Crippen LogP contribution in [-0.4, -0.2) is 17.2 Å². The SMILES string of the molecule is C/C=C1\[C@H]2C=C(C)C[C@]1(NCc1cc(Cl)cc(OC)c1O)c1ccc(=O)[nH]c1C2. The van der Waals surface area contributed by atoms with Crippen molar-refractivity contribution in [2.45, 2.75) is 38.8 Å². The van der Waals surface area contributed by atoms with E-state index in [2.05, 4.69) is 36.3 Å². The zero-order valence-electron chi connectivity index (χ0n) is 16.8. The molecule has 2 atom stereocenters. The Labute approximate surface area is 175 Å². The summed E-state index contributed by atoms with van der Waals surface area (Å²) in [5.74, 6) is 0.665. The number of halogens is 1. The van der Waals surface area contributed by atoms with Crippen LogP contribution < -0.4 is 15.6 Å². The number of aromatic nitrogens is 1. The molecule has 1 aromatic heterocycles. The van der Waals surface area contributed by atoms with Crippen molar-refractivity contribution >= 4 is 11.6 Å². The van der Waals surface area contributed by atoms with Crippen LogP contribution in [0.4, 0.5) is 0 Å². The van der Waals surface area contributed by atoms with E-state index in [0.717, 1.165) is 24.1 Å². The second-order valence-corrected chi connectivity index (χ2v) is 8.27. The maximum absolute atomic E-state index is 11.9. The Bertz CT molecular complexity index is 1090. The molecule has 29 heavy (non-hydrogen) atoms. The fraction of sp³-hybridized carbons (Fsp3) is 0.348. The van der Waals surface area contributed by atoms with Crippen LogP contribution in [0.15, 0.2) is 52.4 Å². The molecule has 2 aliphatic rings. The van der Waals surface area contributed by atoms with Crippen LogP contribution in [0, 0.1) is 5.92 Å². The van der Waals surface area contributed by atoms with Crippen molar-refractivity contribution in [2.24, 2.45) is 5.92 Å². The molecule has 2 bridgehead atoms. The van der Waals surface area contributed by atoms with Gasteiger partial charge in [-0.25, -0.2) is 0 Å². The summed E-state index contributed by atoms with van der Waals surface area (Å²) in [6, 6.07) is 6.86. The lowest BCUT2D eigenvalue weighted by Gasteiger charge is -2.48. The number of pyridine rings is 1. The molecule has 0 radical (unpaired) electrons. The van der Waals surface area contributed by atoms with E-state index in [0.29, 0.717) is 22.9 Å². The molecule has 5 nitrogen and oxygen atoms in total. The highest BCUT2D eigenvalue weighted by Gasteiger charge is 2.46. The van der Waals surface area contributed by atoms with Gasteiger partial charge in [0.2, 0.25) is 5.56 Å². The molecule has 1 aromatic carbocycles. The topological polar surface area (TPSA) is 74.3 Å². The number of rotatable bonds is 4. The molecule has 6 heteroatoms. The highest BCUT2D eigenvalue weighted by molar-refractivity contribution is 6.30. The van der Waals surface area contributed by atoms with Crippen molar-refractivity contribution in [3.05, 3.63) is 79.8 Å². The van der Waals surface area contributed by atoms with Gasteiger partial charge in [0, 0.05) is 40.9 Å². The minimum atomic E-state index is -0.446. The lowest BCUT2D eigenvalue weighted by molar-refractivity contribution is 0.316. The van der Waals surface area contributed by atoms with E-state index in [-0.39, 0.29) is 17.2 Å². The number of phenols is 1. The van der Waals surface area contributed by atoms with Crippen LogP contribution in [0.5, 0.6) is 11.5 Å². The Kier molecular flexibility index (Phi) is 5.05. The summed E-state index contributed by atoms with van der Waals surface area (Å²) in [4.78, 5) is 15.0. The maximum atomic E-state index is 11.9. The van der Waals surface area contributed by atoms with E-state index in [1.807, 2.05) is 6.07 Å². The molecule has 2 aliphatic carbocycles. The predicted molar refractivity (Wildman–Crippen MR) is 115 cm³/mol. The number of hydrogen-bond acceptors (Lipinski definition) is 4. The van der Waals surface area contributed by atoms with E-state index in [1.165, 1.54) is 18.3 Å². The lowest BCUT2D eigenvalue weighted by Crippen LogP contribution is -2.51. The Hall–Kier alpha value is -2.50. The predicted octanol–water partition coefficient (Wildman–Crippen LogP) is 4.20. The van der Waals surface area contributed by atoms with Crippen LogP contribution in [0.25, 0.3) is 0 Å². The fourth-order valence-corrected chi connectivity index (χ4v) is 5.16. The zero-order chi connectivity index (χ0) is 20.8. The van der Waals surface area contributed by atoms with Gasteiger partial charge in [-0.15, -0.1) is 0 Å². The summed E-state index contributed by atoms with van der Waals surface area (Å²) < 4.78 is 5.24. The van der Waals surface area contributed by atoms with Gasteiger partial charge < -0.3 is 14.8 Å². The average Bonchev–Trinajstić information content (AvgIpc) is 2.67. The van der Waals surface area contributed by atoms with Crippen molar-refractivity contribution in [2.75, 3.05) is 7.11 Å². The van der Waals surface area contributed by atoms with Crippen molar-refractivity contribution in [1.82, 2.24) is 10.3 Å². The van der Waals surface area contributed by atoms with Crippen molar-refractivity contribution in [1.29, 1.82) is 0 Å². The monoisotopic (exact) mass is 412 g/mol. The highest BCUT2D eigenvalue weighted by Crippen LogP contribution is 2.49. The number of hydrogen-bond donors (Lipinski definition) is 3. The summed E-state index contributed by atoms with van der Waals surface area (Å²) in [5, 5.41) is 14.8. The summed E-state index contributed by atoms with van der Waals surface area (Å²) in [6.07, 6.45) is 6.04. The number of nitrogens with one attached hydrogen (secondary N) is 2. The number of fused-ring (bicyclic) bond motifs is 4. The third kappa shape index (κ3) is 3.28. The van der Waals surface area contributed by atoms with Crippen molar-refractivity contribution in [3.63, 3.8) is 0 Å². The molecule has 0 unspecified atom stereocenters. The normalized spacial score (nSPS) is 24.2. The standard InChI is InChI=1S/C23H25ClN2O3/c1-4-17-14-7-13(2)11-23(17,18-5-6-21(27)26-19(18)9-14)25-12-15-8-16(24)10-20(29-3)22(15)28/h4-8,10,14,25,28H,9,11-12H2,1-3H3,(H,26,27)/b17-4+/t14-,23+/m0/s1. The first-order chi connectivity index (χ1) is 13.9. The summed E-state index contributed by atoms with van der Waals surface area (Å²) in [7, 11) is 1.51. The first-order valence-corrected chi connectivity index (χ1v) is 10.1. The maximum Gasteiger partial charge on any atom is 0.248 e. The molecule has 1 heterocycles. The average molecular weight is 413 g/mol. The Morgan fingerprint density at radius 2 is 2.21 bits per heavy atom. The van der Waals surface area contributed by atoms with Gasteiger partial charge in [0.25, 0.3) is 0 Å². The van der Waals surface area contributed by atoms with E-state index in [1.54, 1.807) is 18.2 Å². The molecule has 0 aliphatic heterocycles. The molecule has 3 N–H and O–H groups in total. The number of benzene rings is 1. The van der Waals surface area contributed by atoms with Gasteiger partial charge >= 0.3 is 0 Å². The molecular weight excluding hydrogens is 388 g/mol. The largest absolute Gasteiger partial charge is 0.504 e. The van der Waals surface area contributed by atoms with E-state index in [9.17, 15) is 9.90 Å². The number of aromatic amines is 1. The van der Waals surface area contributed by atoms with Gasteiger partial charge in [-0.3, -0.25) is 10.1 Å². The number of phenolic OH excluding ortho intramolecular Hbond substituents is 1. The number of ether oxygens (including phenoxy) is 1. The third-order valence-electron chi connectivity index (χ3n) is 6.04. The summed E-state index contributed by atoms with van der Waals surface area (Å²) in [5.41, 5.74) is 4.78. The molecule has 0 saturated heterocycles.